The molecule has 2 atom stereocenters. The Balaban J connectivity index is 1.87. The van der Waals surface area contributed by atoms with E-state index in [0.29, 0.717) is 16.3 Å². The van der Waals surface area contributed by atoms with Crippen LogP contribution in [0.3, 0.4) is 0 Å². The van der Waals surface area contributed by atoms with Crippen LogP contribution in [0, 0.1) is 0 Å². The largest absolute Gasteiger partial charge is 0.348 e. The van der Waals surface area contributed by atoms with Gasteiger partial charge in [-0.05, 0) is 54.9 Å². The Morgan fingerprint density at radius 3 is 3.09 bits per heavy atom. The Kier molecular flexibility index (Phi) is 4.35. The van der Waals surface area contributed by atoms with E-state index in [9.17, 15) is 4.79 Å². The third kappa shape index (κ3) is 3.10. The second-order valence-electron chi connectivity index (χ2n) is 5.38. The van der Waals surface area contributed by atoms with Gasteiger partial charge in [-0.15, -0.1) is 5.10 Å². The molecule has 1 aliphatic heterocycles. The predicted molar refractivity (Wildman–Crippen MR) is 82.1 cm³/mol. The molecule has 116 valence electrons. The number of amides is 1. The molecule has 2 heterocycles. The maximum atomic E-state index is 12.6. The second kappa shape index (κ2) is 6.41. The monoisotopic (exact) mass is 320 g/mol. The number of nitrogens with one attached hydrogen (secondary N) is 2. The molecule has 3 rings (SSSR count). The van der Waals surface area contributed by atoms with Crippen LogP contribution in [0.5, 0.6) is 0 Å². The standard InChI is InChI=1S/C14H17ClN6O/c1-9-12(3-2-6-16-9)18-14(22)11-7-10(15)4-5-13(11)21-8-17-19-20-21/h4-5,7-9,12,16H,2-3,6H2,1H3,(H,18,22). The quantitative estimate of drug-likeness (QED) is 0.887. The zero-order valence-electron chi connectivity index (χ0n) is 12.2. The third-order valence-electron chi connectivity index (χ3n) is 3.88. The van der Waals surface area contributed by atoms with Crippen molar-refractivity contribution in [3.05, 3.63) is 35.1 Å². The zero-order valence-corrected chi connectivity index (χ0v) is 12.9. The van der Waals surface area contributed by atoms with Gasteiger partial charge in [-0.2, -0.15) is 4.68 Å². The lowest BCUT2D eigenvalue weighted by Gasteiger charge is -2.30. The fraction of sp³-hybridized carbons (Fsp3) is 0.429. The van der Waals surface area contributed by atoms with E-state index in [4.69, 9.17) is 11.6 Å². The Morgan fingerprint density at radius 2 is 2.36 bits per heavy atom. The van der Waals surface area contributed by atoms with Crippen molar-refractivity contribution < 1.29 is 4.79 Å². The van der Waals surface area contributed by atoms with E-state index < -0.39 is 0 Å². The first-order valence-corrected chi connectivity index (χ1v) is 7.60. The number of hydrogen-bond donors (Lipinski definition) is 2. The SMILES string of the molecule is CC1NCCCC1NC(=O)c1cc(Cl)ccc1-n1cnnn1. The van der Waals surface area contributed by atoms with Crippen molar-refractivity contribution in [2.45, 2.75) is 31.8 Å². The number of piperidine rings is 1. The molecule has 2 N–H and O–H groups in total. The lowest BCUT2D eigenvalue weighted by molar-refractivity contribution is 0.0919. The van der Waals surface area contributed by atoms with Gasteiger partial charge >= 0.3 is 0 Å². The van der Waals surface area contributed by atoms with Crippen molar-refractivity contribution in [1.82, 2.24) is 30.8 Å². The van der Waals surface area contributed by atoms with Crippen LogP contribution in [0.1, 0.15) is 30.1 Å². The van der Waals surface area contributed by atoms with Gasteiger partial charge < -0.3 is 10.6 Å². The highest BCUT2D eigenvalue weighted by Crippen LogP contribution is 2.20. The summed E-state index contributed by atoms with van der Waals surface area (Å²) in [5.41, 5.74) is 1.06. The van der Waals surface area contributed by atoms with Crippen LogP contribution in [0.15, 0.2) is 24.5 Å². The van der Waals surface area contributed by atoms with Crippen LogP contribution in [0.4, 0.5) is 0 Å². The smallest absolute Gasteiger partial charge is 0.253 e. The zero-order chi connectivity index (χ0) is 15.5. The van der Waals surface area contributed by atoms with Gasteiger partial charge in [-0.25, -0.2) is 0 Å². The highest BCUT2D eigenvalue weighted by Gasteiger charge is 2.24. The van der Waals surface area contributed by atoms with Crippen LogP contribution in [0.25, 0.3) is 5.69 Å². The first-order valence-electron chi connectivity index (χ1n) is 7.22. The topological polar surface area (TPSA) is 84.7 Å². The molecule has 2 unspecified atom stereocenters. The van der Waals surface area contributed by atoms with E-state index >= 15 is 0 Å². The molecule has 1 saturated heterocycles. The first kappa shape index (κ1) is 14.9. The normalized spacial score (nSPS) is 21.5. The maximum absolute atomic E-state index is 12.6. The maximum Gasteiger partial charge on any atom is 0.253 e. The number of carbonyl (C=O) groups is 1. The lowest BCUT2D eigenvalue weighted by Crippen LogP contribution is -2.52. The highest BCUT2D eigenvalue weighted by atomic mass is 35.5. The molecule has 8 heteroatoms. The van der Waals surface area contributed by atoms with Gasteiger partial charge in [-0.1, -0.05) is 11.6 Å². The number of nitrogens with zero attached hydrogens (tertiary/aromatic N) is 4. The second-order valence-corrected chi connectivity index (χ2v) is 5.82. The van der Waals surface area contributed by atoms with E-state index in [0.717, 1.165) is 19.4 Å². The van der Waals surface area contributed by atoms with E-state index in [-0.39, 0.29) is 18.0 Å². The molecule has 1 aliphatic rings. The Labute approximate surface area is 133 Å². The Morgan fingerprint density at radius 1 is 1.50 bits per heavy atom. The molecular weight excluding hydrogens is 304 g/mol. The lowest BCUT2D eigenvalue weighted by atomic mass is 9.99. The van der Waals surface area contributed by atoms with Gasteiger partial charge in [0.25, 0.3) is 5.91 Å². The average molecular weight is 321 g/mol. The van der Waals surface area contributed by atoms with Crippen molar-refractivity contribution >= 4 is 17.5 Å². The number of aromatic nitrogens is 4. The van der Waals surface area contributed by atoms with Gasteiger partial charge in [0.15, 0.2) is 0 Å². The van der Waals surface area contributed by atoms with Gasteiger partial charge in [0, 0.05) is 17.1 Å². The van der Waals surface area contributed by atoms with Gasteiger partial charge in [0.1, 0.15) is 6.33 Å². The van der Waals surface area contributed by atoms with Crippen LogP contribution in [0.2, 0.25) is 5.02 Å². The van der Waals surface area contributed by atoms with Crippen molar-refractivity contribution in [3.63, 3.8) is 0 Å². The molecule has 0 radical (unpaired) electrons. The van der Waals surface area contributed by atoms with Crippen LogP contribution >= 0.6 is 11.6 Å². The molecule has 1 fully saturated rings. The molecule has 7 nitrogen and oxygen atoms in total. The average Bonchev–Trinajstić information content (AvgIpc) is 3.03. The molecule has 0 bridgehead atoms. The van der Waals surface area contributed by atoms with Crippen LogP contribution < -0.4 is 10.6 Å². The summed E-state index contributed by atoms with van der Waals surface area (Å²) in [7, 11) is 0. The number of tetrazole rings is 1. The molecule has 0 aliphatic carbocycles. The Hall–Kier alpha value is -1.99. The molecule has 1 aromatic carbocycles. The fourth-order valence-corrected chi connectivity index (χ4v) is 2.82. The van der Waals surface area contributed by atoms with Gasteiger partial charge in [0.05, 0.1) is 11.3 Å². The fourth-order valence-electron chi connectivity index (χ4n) is 2.65. The summed E-state index contributed by atoms with van der Waals surface area (Å²) < 4.78 is 1.45. The Bertz CT molecular complexity index is 659. The summed E-state index contributed by atoms with van der Waals surface area (Å²) in [6, 6.07) is 5.42. The molecule has 0 spiro atoms. The minimum Gasteiger partial charge on any atom is -0.348 e. The summed E-state index contributed by atoms with van der Waals surface area (Å²) in [6.45, 7) is 3.06. The number of hydrogen-bond acceptors (Lipinski definition) is 5. The summed E-state index contributed by atoms with van der Waals surface area (Å²) in [6.07, 6.45) is 3.45. The summed E-state index contributed by atoms with van der Waals surface area (Å²) in [5, 5.41) is 18.0. The van der Waals surface area contributed by atoms with Gasteiger partial charge in [0.2, 0.25) is 0 Å². The van der Waals surface area contributed by atoms with Crippen molar-refractivity contribution in [1.29, 1.82) is 0 Å². The number of carbonyl (C=O) groups excluding carboxylic acids is 1. The van der Waals surface area contributed by atoms with Crippen molar-refractivity contribution in [2.75, 3.05) is 6.54 Å². The molecular formula is C14H17ClN6O. The predicted octanol–water partition coefficient (Wildman–Crippen LogP) is 1.19. The van der Waals surface area contributed by atoms with Gasteiger partial charge in [-0.3, -0.25) is 4.79 Å². The van der Waals surface area contributed by atoms with E-state index in [1.54, 1.807) is 18.2 Å². The number of benzene rings is 1. The third-order valence-corrected chi connectivity index (χ3v) is 4.11. The van der Waals surface area contributed by atoms with Crippen LogP contribution in [-0.4, -0.2) is 44.7 Å². The minimum absolute atomic E-state index is 0.0990. The number of rotatable bonds is 3. The van der Waals surface area contributed by atoms with Crippen molar-refractivity contribution in [3.8, 4) is 5.69 Å². The summed E-state index contributed by atoms with van der Waals surface area (Å²) in [5.74, 6) is -0.173. The number of halogens is 1. The molecule has 22 heavy (non-hydrogen) atoms. The molecule has 1 amide bonds. The minimum atomic E-state index is -0.173. The summed E-state index contributed by atoms with van der Waals surface area (Å²) >= 11 is 6.04. The molecule has 2 aromatic rings. The van der Waals surface area contributed by atoms with E-state index in [1.807, 2.05) is 0 Å². The van der Waals surface area contributed by atoms with E-state index in [2.05, 4.69) is 33.1 Å². The first-order chi connectivity index (χ1) is 10.6. The van der Waals surface area contributed by atoms with E-state index in [1.165, 1.54) is 11.0 Å². The van der Waals surface area contributed by atoms with Crippen molar-refractivity contribution in [2.24, 2.45) is 0 Å². The summed E-state index contributed by atoms with van der Waals surface area (Å²) in [4.78, 5) is 12.6. The highest BCUT2D eigenvalue weighted by molar-refractivity contribution is 6.31. The molecule has 1 aromatic heterocycles. The van der Waals surface area contributed by atoms with Crippen LogP contribution in [-0.2, 0) is 0 Å². The molecule has 0 saturated carbocycles.